The molecule has 2 aromatic heterocycles. The molecule has 108 valence electrons. The first-order chi connectivity index (χ1) is 9.93. The molecule has 0 bridgehead atoms. The molecule has 0 aliphatic carbocycles. The third-order valence-electron chi connectivity index (χ3n) is 2.68. The van der Waals surface area contributed by atoms with Crippen molar-refractivity contribution in [3.63, 3.8) is 0 Å². The molecule has 1 N–H and O–H groups in total. The summed E-state index contributed by atoms with van der Waals surface area (Å²) in [6, 6.07) is 6.72. The molecule has 3 rings (SSSR count). The first-order valence-electron chi connectivity index (χ1n) is 5.82. The number of rotatable bonds is 2. The summed E-state index contributed by atoms with van der Waals surface area (Å²) in [4.78, 5) is 3.90. The van der Waals surface area contributed by atoms with Crippen molar-refractivity contribution in [3.8, 4) is 17.4 Å². The van der Waals surface area contributed by atoms with Crippen molar-refractivity contribution in [2.75, 3.05) is 0 Å². The van der Waals surface area contributed by atoms with Gasteiger partial charge in [-0.1, -0.05) is 6.07 Å². The molecular formula is C13H8F3N3O2. The lowest BCUT2D eigenvalue weighted by atomic mass is 10.3. The van der Waals surface area contributed by atoms with E-state index in [9.17, 15) is 18.3 Å². The van der Waals surface area contributed by atoms with Crippen LogP contribution in [0.2, 0.25) is 0 Å². The van der Waals surface area contributed by atoms with Crippen LogP contribution < -0.4 is 4.74 Å². The summed E-state index contributed by atoms with van der Waals surface area (Å²) in [6.45, 7) is 0. The number of aromatic nitrogens is 3. The van der Waals surface area contributed by atoms with E-state index < -0.39 is 11.9 Å². The standard InChI is InChI=1S/C13H8F3N3O2/c14-13(15,16)11-7-10-12(17-4-5-19(10)18-11)21-9-3-1-2-8(20)6-9/h1-7,20H. The van der Waals surface area contributed by atoms with E-state index in [1.807, 2.05) is 0 Å². The van der Waals surface area contributed by atoms with Gasteiger partial charge in [0.15, 0.2) is 5.69 Å². The number of nitrogens with zero attached hydrogens (tertiary/aromatic N) is 3. The summed E-state index contributed by atoms with van der Waals surface area (Å²) >= 11 is 0. The van der Waals surface area contributed by atoms with Crippen molar-refractivity contribution in [2.45, 2.75) is 6.18 Å². The number of aromatic hydroxyl groups is 1. The van der Waals surface area contributed by atoms with Crippen LogP contribution in [0.1, 0.15) is 5.69 Å². The maximum Gasteiger partial charge on any atom is 0.435 e. The molecule has 0 saturated carbocycles. The van der Waals surface area contributed by atoms with E-state index in [1.54, 1.807) is 12.1 Å². The van der Waals surface area contributed by atoms with Gasteiger partial charge in [-0.05, 0) is 12.1 Å². The molecule has 3 aromatic rings. The van der Waals surface area contributed by atoms with Crippen molar-refractivity contribution >= 4 is 5.52 Å². The molecule has 0 unspecified atom stereocenters. The highest BCUT2D eigenvalue weighted by molar-refractivity contribution is 5.58. The van der Waals surface area contributed by atoms with Crippen LogP contribution in [0.3, 0.4) is 0 Å². The van der Waals surface area contributed by atoms with Gasteiger partial charge in [0, 0.05) is 24.5 Å². The minimum atomic E-state index is -4.55. The van der Waals surface area contributed by atoms with Crippen molar-refractivity contribution < 1.29 is 23.0 Å². The molecule has 0 spiro atoms. The molecule has 0 amide bonds. The fraction of sp³-hybridized carbons (Fsp3) is 0.0769. The van der Waals surface area contributed by atoms with Crippen LogP contribution >= 0.6 is 0 Å². The lowest BCUT2D eigenvalue weighted by molar-refractivity contribution is -0.141. The molecule has 0 saturated heterocycles. The van der Waals surface area contributed by atoms with Gasteiger partial charge in [0.1, 0.15) is 17.0 Å². The zero-order valence-corrected chi connectivity index (χ0v) is 10.4. The normalized spacial score (nSPS) is 11.8. The van der Waals surface area contributed by atoms with E-state index in [2.05, 4.69) is 10.1 Å². The largest absolute Gasteiger partial charge is 0.508 e. The number of phenolic OH excluding ortho intramolecular Hbond substituents is 1. The molecule has 5 nitrogen and oxygen atoms in total. The number of ether oxygens (including phenoxy) is 1. The Balaban J connectivity index is 2.04. The molecule has 0 radical (unpaired) electrons. The van der Waals surface area contributed by atoms with Crippen LogP contribution in [-0.2, 0) is 6.18 Å². The summed E-state index contributed by atoms with van der Waals surface area (Å²) in [5, 5.41) is 12.8. The summed E-state index contributed by atoms with van der Waals surface area (Å²) in [6.07, 6.45) is -1.98. The minimum Gasteiger partial charge on any atom is -0.508 e. The third-order valence-corrected chi connectivity index (χ3v) is 2.68. The number of phenols is 1. The summed E-state index contributed by atoms with van der Waals surface area (Å²) in [5.74, 6) is 0.195. The fourth-order valence-electron chi connectivity index (χ4n) is 1.77. The van der Waals surface area contributed by atoms with Crippen LogP contribution in [0.25, 0.3) is 5.52 Å². The van der Waals surface area contributed by atoms with E-state index in [0.29, 0.717) is 0 Å². The molecule has 2 heterocycles. The Kier molecular flexibility index (Phi) is 2.93. The monoisotopic (exact) mass is 295 g/mol. The predicted molar refractivity (Wildman–Crippen MR) is 66.2 cm³/mol. The van der Waals surface area contributed by atoms with Gasteiger partial charge < -0.3 is 9.84 Å². The van der Waals surface area contributed by atoms with Gasteiger partial charge in [-0.15, -0.1) is 0 Å². The summed E-state index contributed by atoms with van der Waals surface area (Å²) in [5.41, 5.74) is -0.954. The smallest absolute Gasteiger partial charge is 0.435 e. The second-order valence-electron chi connectivity index (χ2n) is 4.19. The third kappa shape index (κ3) is 2.60. The average molecular weight is 295 g/mol. The highest BCUT2D eigenvalue weighted by Crippen LogP contribution is 2.32. The first kappa shape index (κ1) is 13.2. The van der Waals surface area contributed by atoms with E-state index in [-0.39, 0.29) is 22.9 Å². The second-order valence-corrected chi connectivity index (χ2v) is 4.19. The van der Waals surface area contributed by atoms with Gasteiger partial charge in [-0.25, -0.2) is 9.50 Å². The summed E-state index contributed by atoms with van der Waals surface area (Å²) < 4.78 is 44.4. The van der Waals surface area contributed by atoms with Gasteiger partial charge in [0.2, 0.25) is 5.88 Å². The SMILES string of the molecule is Oc1cccc(Oc2nccn3nc(C(F)(F)F)cc23)c1. The Labute approximate surface area is 116 Å². The molecule has 21 heavy (non-hydrogen) atoms. The van der Waals surface area contributed by atoms with E-state index in [1.165, 1.54) is 24.5 Å². The quantitative estimate of drug-likeness (QED) is 0.788. The number of alkyl halides is 3. The van der Waals surface area contributed by atoms with Crippen molar-refractivity contribution in [1.82, 2.24) is 14.6 Å². The fourth-order valence-corrected chi connectivity index (χ4v) is 1.77. The van der Waals surface area contributed by atoms with Crippen LogP contribution in [-0.4, -0.2) is 19.7 Å². The van der Waals surface area contributed by atoms with E-state index in [0.717, 1.165) is 10.6 Å². The van der Waals surface area contributed by atoms with Gasteiger partial charge >= 0.3 is 6.18 Å². The molecule has 8 heteroatoms. The van der Waals surface area contributed by atoms with Gasteiger partial charge in [-0.2, -0.15) is 18.3 Å². The number of halogens is 3. The van der Waals surface area contributed by atoms with Gasteiger partial charge in [0.25, 0.3) is 0 Å². The van der Waals surface area contributed by atoms with Gasteiger partial charge in [0.05, 0.1) is 0 Å². The summed E-state index contributed by atoms with van der Waals surface area (Å²) in [7, 11) is 0. The van der Waals surface area contributed by atoms with Crippen LogP contribution in [0.4, 0.5) is 13.2 Å². The topological polar surface area (TPSA) is 59.7 Å². The Morgan fingerprint density at radius 3 is 2.71 bits per heavy atom. The Morgan fingerprint density at radius 2 is 2.00 bits per heavy atom. The van der Waals surface area contributed by atoms with Crippen LogP contribution in [0, 0.1) is 0 Å². The highest BCUT2D eigenvalue weighted by atomic mass is 19.4. The van der Waals surface area contributed by atoms with E-state index in [4.69, 9.17) is 4.74 Å². The zero-order chi connectivity index (χ0) is 15.0. The lowest BCUT2D eigenvalue weighted by Gasteiger charge is -2.05. The van der Waals surface area contributed by atoms with Crippen molar-refractivity contribution in [2.24, 2.45) is 0 Å². The van der Waals surface area contributed by atoms with Crippen LogP contribution in [0.15, 0.2) is 42.7 Å². The molecule has 1 aromatic carbocycles. The number of fused-ring (bicyclic) bond motifs is 1. The first-order valence-corrected chi connectivity index (χ1v) is 5.82. The van der Waals surface area contributed by atoms with Gasteiger partial charge in [-0.3, -0.25) is 0 Å². The Bertz CT molecular complexity index is 799. The maximum atomic E-state index is 12.7. The minimum absolute atomic E-state index is 0.0241. The van der Waals surface area contributed by atoms with Crippen LogP contribution in [0.5, 0.6) is 17.4 Å². The number of benzene rings is 1. The highest BCUT2D eigenvalue weighted by Gasteiger charge is 2.34. The number of hydrogen-bond donors (Lipinski definition) is 1. The lowest BCUT2D eigenvalue weighted by Crippen LogP contribution is -2.05. The zero-order valence-electron chi connectivity index (χ0n) is 10.4. The molecule has 0 fully saturated rings. The second kappa shape index (κ2) is 4.65. The molecular weight excluding hydrogens is 287 g/mol. The molecule has 0 aliphatic rings. The molecule has 0 aliphatic heterocycles. The van der Waals surface area contributed by atoms with Crippen molar-refractivity contribution in [3.05, 3.63) is 48.4 Å². The van der Waals surface area contributed by atoms with Crippen molar-refractivity contribution in [1.29, 1.82) is 0 Å². The average Bonchev–Trinajstić information content (AvgIpc) is 2.84. The number of hydrogen-bond acceptors (Lipinski definition) is 4. The molecule has 0 atom stereocenters. The van der Waals surface area contributed by atoms with E-state index >= 15 is 0 Å². The predicted octanol–water partition coefficient (Wildman–Crippen LogP) is 3.25. The Hall–Kier alpha value is -2.77. The maximum absolute atomic E-state index is 12.7. The Morgan fingerprint density at radius 1 is 1.19 bits per heavy atom.